The SMILES string of the molecule is COc1ccc(N2CCN(C(=O)CCc3cc(S(=O)(=O)N(C)C)ccc3OC)CC2)cc1. The quantitative estimate of drug-likeness (QED) is 0.600. The van der Waals surface area contributed by atoms with Gasteiger partial charge >= 0.3 is 0 Å². The second-order valence-corrected chi connectivity index (χ2v) is 9.98. The number of methoxy groups -OCH3 is 2. The summed E-state index contributed by atoms with van der Waals surface area (Å²) in [5.41, 5.74) is 1.82. The number of aryl methyl sites for hydroxylation is 1. The summed E-state index contributed by atoms with van der Waals surface area (Å²) in [4.78, 5) is 17.1. The van der Waals surface area contributed by atoms with Crippen molar-refractivity contribution in [1.82, 2.24) is 9.21 Å². The van der Waals surface area contributed by atoms with Crippen molar-refractivity contribution >= 4 is 21.6 Å². The minimum absolute atomic E-state index is 0.0577. The third-order valence-corrected chi connectivity index (χ3v) is 7.52. The highest BCUT2D eigenvalue weighted by Gasteiger charge is 2.23. The predicted molar refractivity (Wildman–Crippen MR) is 124 cm³/mol. The van der Waals surface area contributed by atoms with Gasteiger partial charge in [0.2, 0.25) is 15.9 Å². The zero-order chi connectivity index (χ0) is 23.3. The number of piperazine rings is 1. The summed E-state index contributed by atoms with van der Waals surface area (Å²) >= 11 is 0. The molecule has 0 aromatic heterocycles. The van der Waals surface area contributed by atoms with E-state index in [1.807, 2.05) is 29.2 Å². The maximum atomic E-state index is 12.8. The number of anilines is 1. The van der Waals surface area contributed by atoms with Gasteiger partial charge in [-0.15, -0.1) is 0 Å². The molecule has 9 heteroatoms. The van der Waals surface area contributed by atoms with Crippen molar-refractivity contribution in [2.24, 2.45) is 0 Å². The summed E-state index contributed by atoms with van der Waals surface area (Å²) in [5, 5.41) is 0. The lowest BCUT2D eigenvalue weighted by Gasteiger charge is -2.36. The summed E-state index contributed by atoms with van der Waals surface area (Å²) in [6.07, 6.45) is 0.710. The number of hydrogen-bond donors (Lipinski definition) is 0. The Labute approximate surface area is 190 Å². The Morgan fingerprint density at radius 3 is 2.19 bits per heavy atom. The van der Waals surface area contributed by atoms with Gasteiger partial charge in [-0.05, 0) is 54.4 Å². The molecule has 0 unspecified atom stereocenters. The van der Waals surface area contributed by atoms with Crippen LogP contribution in [-0.4, -0.2) is 78.0 Å². The first-order valence-electron chi connectivity index (χ1n) is 10.5. The molecule has 8 nitrogen and oxygen atoms in total. The number of rotatable bonds is 8. The van der Waals surface area contributed by atoms with Crippen molar-refractivity contribution in [2.75, 3.05) is 59.4 Å². The second-order valence-electron chi connectivity index (χ2n) is 7.83. The van der Waals surface area contributed by atoms with Gasteiger partial charge in [0.15, 0.2) is 0 Å². The van der Waals surface area contributed by atoms with Gasteiger partial charge in [-0.1, -0.05) is 0 Å². The molecular weight excluding hydrogens is 430 g/mol. The van der Waals surface area contributed by atoms with Gasteiger partial charge in [-0.3, -0.25) is 4.79 Å². The van der Waals surface area contributed by atoms with Crippen LogP contribution >= 0.6 is 0 Å². The highest BCUT2D eigenvalue weighted by atomic mass is 32.2. The minimum atomic E-state index is -3.55. The van der Waals surface area contributed by atoms with E-state index in [2.05, 4.69) is 4.90 Å². The van der Waals surface area contributed by atoms with Crippen LogP contribution in [0.2, 0.25) is 0 Å². The molecule has 0 saturated carbocycles. The van der Waals surface area contributed by atoms with E-state index in [1.54, 1.807) is 26.4 Å². The molecule has 0 N–H and O–H groups in total. The van der Waals surface area contributed by atoms with E-state index in [-0.39, 0.29) is 10.8 Å². The summed E-state index contributed by atoms with van der Waals surface area (Å²) in [7, 11) is 2.62. The Bertz CT molecular complexity index is 1030. The van der Waals surface area contributed by atoms with Crippen LogP contribution in [0.1, 0.15) is 12.0 Å². The molecule has 1 fully saturated rings. The average Bonchev–Trinajstić information content (AvgIpc) is 2.82. The van der Waals surface area contributed by atoms with Gasteiger partial charge in [-0.25, -0.2) is 12.7 Å². The molecule has 1 aliphatic rings. The fourth-order valence-electron chi connectivity index (χ4n) is 3.73. The van der Waals surface area contributed by atoms with Gasteiger partial charge in [0, 0.05) is 52.4 Å². The summed E-state index contributed by atoms with van der Waals surface area (Å²) in [5.74, 6) is 1.46. The van der Waals surface area contributed by atoms with Gasteiger partial charge in [0.1, 0.15) is 11.5 Å². The summed E-state index contributed by atoms with van der Waals surface area (Å²) < 4.78 is 36.7. The maximum absolute atomic E-state index is 12.8. The predicted octanol–water partition coefficient (Wildman–Crippen LogP) is 2.24. The minimum Gasteiger partial charge on any atom is -0.497 e. The monoisotopic (exact) mass is 461 g/mol. The molecule has 0 spiro atoms. The standard InChI is InChI=1S/C23H31N3O5S/c1-24(2)32(28,29)21-10-11-22(31-4)18(17-21)5-12-23(27)26-15-13-25(14-16-26)19-6-8-20(30-3)9-7-19/h6-11,17H,5,12-16H2,1-4H3. The molecule has 1 aliphatic heterocycles. The van der Waals surface area contributed by atoms with Crippen LogP contribution < -0.4 is 14.4 Å². The molecule has 0 atom stereocenters. The van der Waals surface area contributed by atoms with Gasteiger partial charge in [-0.2, -0.15) is 0 Å². The van der Waals surface area contributed by atoms with Crippen LogP contribution in [0.4, 0.5) is 5.69 Å². The van der Waals surface area contributed by atoms with Crippen LogP contribution in [0.5, 0.6) is 11.5 Å². The molecule has 2 aromatic carbocycles. The number of amides is 1. The first kappa shape index (κ1) is 23.9. The molecule has 0 aliphatic carbocycles. The van der Waals surface area contributed by atoms with E-state index in [1.165, 1.54) is 24.5 Å². The first-order valence-corrected chi connectivity index (χ1v) is 12.0. The van der Waals surface area contributed by atoms with Crippen molar-refractivity contribution in [3.8, 4) is 11.5 Å². The molecule has 0 bridgehead atoms. The zero-order valence-corrected chi connectivity index (χ0v) is 19.9. The molecule has 1 amide bonds. The number of benzene rings is 2. The molecule has 0 radical (unpaired) electrons. The number of sulfonamides is 1. The normalized spacial score (nSPS) is 14.5. The molecule has 3 rings (SSSR count). The highest BCUT2D eigenvalue weighted by molar-refractivity contribution is 7.89. The summed E-state index contributed by atoms with van der Waals surface area (Å²) in [6.45, 7) is 2.82. The van der Waals surface area contributed by atoms with Crippen molar-refractivity contribution in [2.45, 2.75) is 17.7 Å². The van der Waals surface area contributed by atoms with E-state index in [9.17, 15) is 13.2 Å². The van der Waals surface area contributed by atoms with E-state index in [4.69, 9.17) is 9.47 Å². The Hall–Kier alpha value is -2.78. The molecule has 174 valence electrons. The van der Waals surface area contributed by atoms with Crippen molar-refractivity contribution in [1.29, 1.82) is 0 Å². The largest absolute Gasteiger partial charge is 0.497 e. The van der Waals surface area contributed by atoms with Crippen LogP contribution in [0.3, 0.4) is 0 Å². The fourth-order valence-corrected chi connectivity index (χ4v) is 4.68. The van der Waals surface area contributed by atoms with Crippen LogP contribution in [-0.2, 0) is 21.2 Å². The number of hydrogen-bond acceptors (Lipinski definition) is 6. The summed E-state index contributed by atoms with van der Waals surface area (Å²) in [6, 6.07) is 12.7. The van der Waals surface area contributed by atoms with Gasteiger partial charge in [0.25, 0.3) is 0 Å². The molecule has 32 heavy (non-hydrogen) atoms. The number of ether oxygens (including phenoxy) is 2. The van der Waals surface area contributed by atoms with Crippen molar-refractivity contribution < 1.29 is 22.7 Å². The highest BCUT2D eigenvalue weighted by Crippen LogP contribution is 2.26. The molecule has 1 saturated heterocycles. The maximum Gasteiger partial charge on any atom is 0.242 e. The van der Waals surface area contributed by atoms with Crippen molar-refractivity contribution in [3.05, 3.63) is 48.0 Å². The third-order valence-electron chi connectivity index (χ3n) is 5.71. The molecule has 2 aromatic rings. The molecule has 1 heterocycles. The lowest BCUT2D eigenvalue weighted by atomic mass is 10.1. The number of carbonyl (C=O) groups excluding carboxylic acids is 1. The Balaban J connectivity index is 1.60. The average molecular weight is 462 g/mol. The van der Waals surface area contributed by atoms with E-state index in [0.717, 1.165) is 24.5 Å². The van der Waals surface area contributed by atoms with Crippen LogP contribution in [0, 0.1) is 0 Å². The number of carbonyl (C=O) groups is 1. The number of nitrogens with zero attached hydrogens (tertiary/aromatic N) is 3. The Morgan fingerprint density at radius 1 is 0.969 bits per heavy atom. The van der Waals surface area contributed by atoms with Crippen molar-refractivity contribution in [3.63, 3.8) is 0 Å². The van der Waals surface area contributed by atoms with Gasteiger partial charge in [0.05, 0.1) is 19.1 Å². The Kier molecular flexibility index (Phi) is 7.63. The first-order chi connectivity index (χ1) is 15.3. The van der Waals surface area contributed by atoms with Crippen LogP contribution in [0.25, 0.3) is 0 Å². The second kappa shape index (κ2) is 10.2. The lowest BCUT2D eigenvalue weighted by molar-refractivity contribution is -0.131. The fraction of sp³-hybridized carbons (Fsp3) is 0.435. The van der Waals surface area contributed by atoms with E-state index < -0.39 is 10.0 Å². The van der Waals surface area contributed by atoms with E-state index >= 15 is 0 Å². The Morgan fingerprint density at radius 2 is 1.62 bits per heavy atom. The topological polar surface area (TPSA) is 79.4 Å². The third kappa shape index (κ3) is 5.34. The van der Waals surface area contributed by atoms with E-state index in [0.29, 0.717) is 37.2 Å². The lowest BCUT2D eigenvalue weighted by Crippen LogP contribution is -2.48. The van der Waals surface area contributed by atoms with Gasteiger partial charge < -0.3 is 19.3 Å². The zero-order valence-electron chi connectivity index (χ0n) is 19.1. The smallest absolute Gasteiger partial charge is 0.242 e. The molecular formula is C23H31N3O5S. The van der Waals surface area contributed by atoms with Crippen LogP contribution in [0.15, 0.2) is 47.4 Å².